The van der Waals surface area contributed by atoms with Crippen molar-refractivity contribution in [2.24, 2.45) is 0 Å². The van der Waals surface area contributed by atoms with Crippen LogP contribution in [-0.4, -0.2) is 11.1 Å². The van der Waals surface area contributed by atoms with E-state index in [4.69, 9.17) is 0 Å². The molecule has 0 saturated carbocycles. The lowest BCUT2D eigenvalue weighted by atomic mass is 9.94. The summed E-state index contributed by atoms with van der Waals surface area (Å²) in [5, 5.41) is 11.0. The highest BCUT2D eigenvalue weighted by Gasteiger charge is 2.23. The van der Waals surface area contributed by atoms with Gasteiger partial charge in [0.1, 0.15) is 0 Å². The zero-order valence-corrected chi connectivity index (χ0v) is 24.8. The van der Waals surface area contributed by atoms with Crippen LogP contribution in [0.4, 0.5) is 11.4 Å². The van der Waals surface area contributed by atoms with Crippen molar-refractivity contribution >= 4 is 72.8 Å². The molecular weight excluding hydrogens is 544 g/mol. The van der Waals surface area contributed by atoms with Crippen molar-refractivity contribution in [2.75, 3.05) is 11.4 Å². The molecule has 2 heteroatoms. The Labute approximate surface area is 261 Å². The largest absolute Gasteiger partial charge is 0.336 e. The number of nitrogens with zero attached hydrogens (tertiary/aromatic N) is 2. The molecule has 0 aliphatic carbocycles. The normalized spacial score (nSPS) is 14.4. The van der Waals surface area contributed by atoms with E-state index in [-0.39, 0.29) is 0 Å². The van der Waals surface area contributed by atoms with Gasteiger partial charge in [0.2, 0.25) is 0 Å². The summed E-state index contributed by atoms with van der Waals surface area (Å²) in [7, 11) is 0. The maximum atomic E-state index is 4.61. The van der Waals surface area contributed by atoms with Gasteiger partial charge in [0.15, 0.2) is 0 Å². The maximum absolute atomic E-state index is 4.61. The molecule has 7 aromatic carbocycles. The average Bonchev–Trinajstić information content (AvgIpc) is 3.62. The van der Waals surface area contributed by atoms with E-state index in [9.17, 15) is 0 Å². The van der Waals surface area contributed by atoms with Crippen molar-refractivity contribution in [3.05, 3.63) is 168 Å². The minimum absolute atomic E-state index is 0.821. The summed E-state index contributed by atoms with van der Waals surface area (Å²) >= 11 is 0. The van der Waals surface area contributed by atoms with Gasteiger partial charge < -0.3 is 9.47 Å². The van der Waals surface area contributed by atoms with E-state index in [2.05, 4.69) is 174 Å². The third-order valence-corrected chi connectivity index (χ3v) is 9.39. The molecule has 0 fully saturated rings. The number of benzene rings is 7. The van der Waals surface area contributed by atoms with Gasteiger partial charge >= 0.3 is 0 Å². The van der Waals surface area contributed by atoms with Crippen LogP contribution in [0.25, 0.3) is 67.1 Å². The van der Waals surface area contributed by atoms with Gasteiger partial charge in [-0.2, -0.15) is 0 Å². The first-order valence-electron chi connectivity index (χ1n) is 15.5. The lowest BCUT2D eigenvalue weighted by molar-refractivity contribution is 1.07. The van der Waals surface area contributed by atoms with E-state index in [1.165, 1.54) is 60.2 Å². The minimum atomic E-state index is 0.821. The molecule has 0 atom stereocenters. The highest BCUT2D eigenvalue weighted by molar-refractivity contribution is 6.25. The van der Waals surface area contributed by atoms with E-state index in [1.54, 1.807) is 0 Å². The summed E-state index contributed by atoms with van der Waals surface area (Å²) < 4.78 is 2.38. The van der Waals surface area contributed by atoms with E-state index in [0.717, 1.165) is 28.3 Å². The number of aromatic nitrogens is 1. The third kappa shape index (κ3) is 3.96. The van der Waals surface area contributed by atoms with Crippen molar-refractivity contribution in [1.82, 2.24) is 4.57 Å². The van der Waals surface area contributed by atoms with E-state index in [0.29, 0.717) is 0 Å². The second kappa shape index (κ2) is 10.1. The molecule has 0 saturated heterocycles. The average molecular weight is 575 g/mol. The van der Waals surface area contributed by atoms with Gasteiger partial charge in [0.25, 0.3) is 0 Å². The zero-order valence-electron chi connectivity index (χ0n) is 24.8. The van der Waals surface area contributed by atoms with Crippen LogP contribution in [0.3, 0.4) is 0 Å². The molecule has 0 unspecified atom stereocenters. The van der Waals surface area contributed by atoms with E-state index < -0.39 is 0 Å². The molecule has 0 radical (unpaired) electrons. The number of hydrogen-bond acceptors (Lipinski definition) is 1. The summed E-state index contributed by atoms with van der Waals surface area (Å²) in [6, 6.07) is 52.4. The van der Waals surface area contributed by atoms with Crippen molar-refractivity contribution in [2.45, 2.75) is 0 Å². The first-order valence-corrected chi connectivity index (χ1v) is 15.5. The quantitative estimate of drug-likeness (QED) is 0.191. The van der Waals surface area contributed by atoms with Crippen LogP contribution in [0.5, 0.6) is 0 Å². The Bertz CT molecular complexity index is 2550. The van der Waals surface area contributed by atoms with Gasteiger partial charge in [-0.3, -0.25) is 0 Å². The number of rotatable bonds is 3. The molecule has 1 aromatic heterocycles. The first-order chi connectivity index (χ1) is 22.3. The summed E-state index contributed by atoms with van der Waals surface area (Å²) in [6.45, 7) is 5.43. The standard InChI is InChI=1S/C43H30N2/c1-29-33-15-9-12-22-43(33)45(32-24-25-39-37-19-6-5-17-35(37)36-18-7-8-20-38(36)40(39)27-32)41(29)26-23-30-28-44(31-13-3-2-4-14-31)42-21-11-10-16-34(30)42/h2-27H,1,28H2/b30-23+,41-26+. The van der Waals surface area contributed by atoms with E-state index in [1.807, 2.05) is 0 Å². The Hall–Kier alpha value is -5.86. The number of hydrogen-bond donors (Lipinski definition) is 0. The van der Waals surface area contributed by atoms with Crippen LogP contribution < -0.4 is 15.5 Å². The van der Waals surface area contributed by atoms with E-state index >= 15 is 0 Å². The highest BCUT2D eigenvalue weighted by atomic mass is 15.2. The number of anilines is 2. The summed E-state index contributed by atoms with van der Waals surface area (Å²) in [4.78, 5) is 2.40. The van der Waals surface area contributed by atoms with Crippen LogP contribution in [0.1, 0.15) is 5.56 Å². The summed E-state index contributed by atoms with van der Waals surface area (Å²) in [5.41, 5.74) is 7.31. The van der Waals surface area contributed by atoms with Crippen LogP contribution in [-0.2, 0) is 0 Å². The first kappa shape index (κ1) is 25.6. The Balaban J connectivity index is 1.28. The molecule has 8 aromatic rings. The SMILES string of the molecule is C=c1/c(=C\C=C2/CN(c3ccccc3)c3ccccc32)n(-c2ccc3c4ccccc4c4ccccc4c3c2)c2ccccc12. The Morgan fingerprint density at radius 1 is 0.489 bits per heavy atom. The fraction of sp³-hybridized carbons (Fsp3) is 0.0233. The lowest BCUT2D eigenvalue weighted by Crippen LogP contribution is -2.27. The predicted molar refractivity (Wildman–Crippen MR) is 193 cm³/mol. The summed E-state index contributed by atoms with van der Waals surface area (Å²) in [5.74, 6) is 0. The minimum Gasteiger partial charge on any atom is -0.336 e. The lowest BCUT2D eigenvalue weighted by Gasteiger charge is -2.18. The molecule has 45 heavy (non-hydrogen) atoms. The van der Waals surface area contributed by atoms with Crippen LogP contribution in [0.2, 0.25) is 0 Å². The van der Waals surface area contributed by atoms with Gasteiger partial charge in [-0.15, -0.1) is 0 Å². The molecule has 0 bridgehead atoms. The fourth-order valence-corrected chi connectivity index (χ4v) is 7.30. The number of fused-ring (bicyclic) bond motifs is 8. The third-order valence-electron chi connectivity index (χ3n) is 9.39. The van der Waals surface area contributed by atoms with Crippen molar-refractivity contribution in [3.63, 3.8) is 0 Å². The van der Waals surface area contributed by atoms with Gasteiger partial charge in [-0.25, -0.2) is 0 Å². The molecule has 0 N–H and O–H groups in total. The molecule has 212 valence electrons. The smallest absolute Gasteiger partial charge is 0.0540 e. The van der Waals surface area contributed by atoms with Crippen LogP contribution >= 0.6 is 0 Å². The van der Waals surface area contributed by atoms with Gasteiger partial charge in [0, 0.05) is 39.8 Å². The number of para-hydroxylation sites is 3. The molecule has 2 nitrogen and oxygen atoms in total. The Morgan fingerprint density at radius 2 is 1.07 bits per heavy atom. The monoisotopic (exact) mass is 574 g/mol. The highest BCUT2D eigenvalue weighted by Crippen LogP contribution is 2.40. The van der Waals surface area contributed by atoms with Crippen LogP contribution in [0, 0.1) is 0 Å². The zero-order chi connectivity index (χ0) is 29.9. The maximum Gasteiger partial charge on any atom is 0.0540 e. The Kier molecular flexibility index (Phi) is 5.76. The van der Waals surface area contributed by atoms with Gasteiger partial charge in [-0.05, 0) is 80.4 Å². The molecule has 0 amide bonds. The van der Waals surface area contributed by atoms with Gasteiger partial charge in [-0.1, -0.05) is 122 Å². The van der Waals surface area contributed by atoms with Crippen molar-refractivity contribution in [1.29, 1.82) is 0 Å². The van der Waals surface area contributed by atoms with Crippen molar-refractivity contribution in [3.8, 4) is 5.69 Å². The second-order valence-electron chi connectivity index (χ2n) is 11.8. The van der Waals surface area contributed by atoms with Crippen LogP contribution in [0.15, 0.2) is 152 Å². The molecule has 1 aliphatic heterocycles. The molecule has 9 rings (SSSR count). The summed E-state index contributed by atoms with van der Waals surface area (Å²) in [6.07, 6.45) is 4.57. The predicted octanol–water partition coefficient (Wildman–Crippen LogP) is 9.52. The van der Waals surface area contributed by atoms with Gasteiger partial charge in [0.05, 0.1) is 10.9 Å². The molecule has 2 heterocycles. The Morgan fingerprint density at radius 3 is 1.80 bits per heavy atom. The molecule has 0 spiro atoms. The number of allylic oxidation sites excluding steroid dienone is 1. The molecule has 1 aliphatic rings. The second-order valence-corrected chi connectivity index (χ2v) is 11.8. The van der Waals surface area contributed by atoms with Crippen molar-refractivity contribution < 1.29 is 0 Å². The topological polar surface area (TPSA) is 8.17 Å². The molecular formula is C43H30N2. The fourth-order valence-electron chi connectivity index (χ4n) is 7.30.